The molecule has 2 saturated heterocycles. The Balaban J connectivity index is 1.79. The monoisotopic (exact) mass is 404 g/mol. The first kappa shape index (κ1) is 19.7. The van der Waals surface area contributed by atoms with E-state index in [1.807, 2.05) is 11.0 Å². The van der Waals surface area contributed by atoms with Crippen molar-refractivity contribution >= 4 is 15.9 Å². The molecule has 1 aromatic carbocycles. The van der Waals surface area contributed by atoms with Crippen molar-refractivity contribution < 1.29 is 13.2 Å². The molecule has 2 amide bonds. The molecule has 5 nitrogen and oxygen atoms in total. The van der Waals surface area contributed by atoms with Gasteiger partial charge in [-0.1, -0.05) is 32.9 Å². The zero-order valence-electron chi connectivity index (χ0n) is 17.5. The summed E-state index contributed by atoms with van der Waals surface area (Å²) in [4.78, 5) is 17.9. The number of fused-ring (bicyclic) bond motifs is 4. The number of carbonyl (C=O) groups excluding carboxylic acids is 1. The Kier molecular flexibility index (Phi) is 4.57. The van der Waals surface area contributed by atoms with Gasteiger partial charge in [0.05, 0.1) is 4.90 Å². The minimum Gasteiger partial charge on any atom is -0.325 e. The predicted molar refractivity (Wildman–Crippen MR) is 110 cm³/mol. The van der Waals surface area contributed by atoms with Crippen LogP contribution < -0.4 is 0 Å². The second-order valence-corrected chi connectivity index (χ2v) is 11.6. The van der Waals surface area contributed by atoms with Gasteiger partial charge in [0.2, 0.25) is 0 Å². The Labute approximate surface area is 169 Å². The van der Waals surface area contributed by atoms with Crippen LogP contribution in [0.4, 0.5) is 4.79 Å². The molecule has 2 fully saturated rings. The molecule has 28 heavy (non-hydrogen) atoms. The van der Waals surface area contributed by atoms with Gasteiger partial charge in [-0.25, -0.2) is 13.2 Å². The van der Waals surface area contributed by atoms with E-state index in [-0.39, 0.29) is 22.9 Å². The zero-order chi connectivity index (χ0) is 20.3. The maximum absolute atomic E-state index is 13.4. The third kappa shape index (κ3) is 2.78. The summed E-state index contributed by atoms with van der Waals surface area (Å²) in [6, 6.07) is 5.85. The first-order valence-electron chi connectivity index (χ1n) is 10.5. The number of piperidine rings is 2. The van der Waals surface area contributed by atoms with Gasteiger partial charge in [0.1, 0.15) is 0 Å². The molecular formula is C22H32N2O3S. The van der Waals surface area contributed by atoms with Crippen LogP contribution in [-0.2, 0) is 21.7 Å². The quantitative estimate of drug-likeness (QED) is 0.718. The average molecular weight is 405 g/mol. The van der Waals surface area contributed by atoms with Crippen LogP contribution in [0, 0.1) is 5.41 Å². The number of benzene rings is 1. The first-order valence-corrected chi connectivity index (χ1v) is 12.3. The lowest BCUT2D eigenvalue weighted by Crippen LogP contribution is -2.66. The summed E-state index contributed by atoms with van der Waals surface area (Å²) >= 11 is 0. The van der Waals surface area contributed by atoms with Gasteiger partial charge < -0.3 is 9.80 Å². The van der Waals surface area contributed by atoms with Gasteiger partial charge in [-0.15, -0.1) is 0 Å². The van der Waals surface area contributed by atoms with E-state index in [9.17, 15) is 13.2 Å². The standard InChI is InChI=1S/C22H32N2O3S/c1-21(2)19-15-16-17(9-8-10-18(16)28(4,26)27)22(21,3)11-14-24(19)20(25)23-12-6-5-7-13-23/h8-10,19H,5-7,11-15H2,1-4H3/t19-,22-/m0/s1. The summed E-state index contributed by atoms with van der Waals surface area (Å²) in [5.74, 6) is 0. The molecule has 0 unspecified atom stereocenters. The fraction of sp³-hybridized carbons (Fsp3) is 0.682. The molecule has 2 bridgehead atoms. The number of carbonyl (C=O) groups is 1. The van der Waals surface area contributed by atoms with Crippen molar-refractivity contribution in [2.24, 2.45) is 5.41 Å². The fourth-order valence-electron chi connectivity index (χ4n) is 5.76. The molecule has 2 atom stereocenters. The van der Waals surface area contributed by atoms with E-state index in [0.29, 0.717) is 11.3 Å². The Bertz CT molecular complexity index is 902. The van der Waals surface area contributed by atoms with Crippen molar-refractivity contribution in [2.75, 3.05) is 25.9 Å². The lowest BCUT2D eigenvalue weighted by atomic mass is 9.51. The number of likely N-dealkylation sites (tertiary alicyclic amines) is 2. The van der Waals surface area contributed by atoms with Crippen molar-refractivity contribution in [1.29, 1.82) is 0 Å². The number of nitrogens with zero attached hydrogens (tertiary/aromatic N) is 2. The van der Waals surface area contributed by atoms with Gasteiger partial charge in [-0.2, -0.15) is 0 Å². The van der Waals surface area contributed by atoms with Gasteiger partial charge in [0.25, 0.3) is 0 Å². The van der Waals surface area contributed by atoms with Crippen molar-refractivity contribution in [3.63, 3.8) is 0 Å². The summed E-state index contributed by atoms with van der Waals surface area (Å²) in [7, 11) is -3.31. The minimum absolute atomic E-state index is 0.0103. The van der Waals surface area contributed by atoms with E-state index in [1.165, 1.54) is 12.7 Å². The van der Waals surface area contributed by atoms with Crippen LogP contribution >= 0.6 is 0 Å². The third-order valence-electron chi connectivity index (χ3n) is 7.88. The van der Waals surface area contributed by atoms with Crippen LogP contribution in [-0.4, -0.2) is 56.2 Å². The van der Waals surface area contributed by atoms with E-state index in [2.05, 4.69) is 31.7 Å². The van der Waals surface area contributed by atoms with Gasteiger partial charge in [-0.3, -0.25) is 0 Å². The maximum atomic E-state index is 13.4. The molecule has 1 aliphatic carbocycles. The minimum atomic E-state index is -3.31. The first-order chi connectivity index (χ1) is 13.1. The smallest absolute Gasteiger partial charge is 0.320 e. The van der Waals surface area contributed by atoms with Crippen LogP contribution in [0.15, 0.2) is 23.1 Å². The summed E-state index contributed by atoms with van der Waals surface area (Å²) in [5.41, 5.74) is 1.81. The van der Waals surface area contributed by atoms with Gasteiger partial charge >= 0.3 is 6.03 Å². The normalized spacial score (nSPS) is 29.4. The number of rotatable bonds is 1. The van der Waals surface area contributed by atoms with Crippen LogP contribution in [0.2, 0.25) is 0 Å². The molecule has 4 rings (SSSR count). The number of sulfone groups is 1. The van der Waals surface area contributed by atoms with E-state index in [0.717, 1.165) is 50.0 Å². The Morgan fingerprint density at radius 1 is 1.07 bits per heavy atom. The molecule has 2 aliphatic heterocycles. The van der Waals surface area contributed by atoms with Crippen molar-refractivity contribution in [3.8, 4) is 0 Å². The average Bonchev–Trinajstić information content (AvgIpc) is 2.64. The van der Waals surface area contributed by atoms with Crippen LogP contribution in [0.3, 0.4) is 0 Å². The largest absolute Gasteiger partial charge is 0.325 e. The number of hydrogen-bond donors (Lipinski definition) is 0. The van der Waals surface area contributed by atoms with Crippen molar-refractivity contribution in [2.45, 2.75) is 69.2 Å². The van der Waals surface area contributed by atoms with Gasteiger partial charge in [0.15, 0.2) is 9.84 Å². The second kappa shape index (κ2) is 6.48. The molecule has 0 spiro atoms. The second-order valence-electron chi connectivity index (χ2n) is 9.60. The lowest BCUT2D eigenvalue weighted by molar-refractivity contribution is -0.0248. The number of amides is 2. The summed E-state index contributed by atoms with van der Waals surface area (Å²) in [6.45, 7) is 9.18. The summed E-state index contributed by atoms with van der Waals surface area (Å²) < 4.78 is 24.9. The Morgan fingerprint density at radius 3 is 2.39 bits per heavy atom. The molecule has 1 aromatic rings. The van der Waals surface area contributed by atoms with E-state index >= 15 is 0 Å². The van der Waals surface area contributed by atoms with Crippen molar-refractivity contribution in [3.05, 3.63) is 29.3 Å². The molecule has 154 valence electrons. The van der Waals surface area contributed by atoms with Crippen LogP contribution in [0.5, 0.6) is 0 Å². The van der Waals surface area contributed by atoms with E-state index < -0.39 is 9.84 Å². The summed E-state index contributed by atoms with van der Waals surface area (Å²) in [5, 5.41) is 0. The van der Waals surface area contributed by atoms with Gasteiger partial charge in [-0.05, 0) is 54.7 Å². The molecule has 0 aromatic heterocycles. The fourth-order valence-corrected chi connectivity index (χ4v) is 6.72. The highest BCUT2D eigenvalue weighted by Gasteiger charge is 2.57. The van der Waals surface area contributed by atoms with Crippen LogP contribution in [0.1, 0.15) is 57.6 Å². The molecule has 6 heteroatoms. The van der Waals surface area contributed by atoms with Crippen molar-refractivity contribution in [1.82, 2.24) is 9.80 Å². The third-order valence-corrected chi connectivity index (χ3v) is 9.06. The number of hydrogen-bond acceptors (Lipinski definition) is 3. The lowest BCUT2D eigenvalue weighted by Gasteiger charge is -2.61. The maximum Gasteiger partial charge on any atom is 0.320 e. The predicted octanol–water partition coefficient (Wildman–Crippen LogP) is 3.61. The highest BCUT2D eigenvalue weighted by atomic mass is 32.2. The molecule has 0 N–H and O–H groups in total. The molecular weight excluding hydrogens is 372 g/mol. The van der Waals surface area contributed by atoms with E-state index in [1.54, 1.807) is 6.07 Å². The summed E-state index contributed by atoms with van der Waals surface area (Å²) in [6.07, 6.45) is 6.11. The van der Waals surface area contributed by atoms with Gasteiger partial charge in [0, 0.05) is 37.3 Å². The molecule has 2 heterocycles. The molecule has 0 saturated carbocycles. The SMILES string of the molecule is CC1(C)[C@@H]2Cc3c(cccc3S(C)(=O)=O)[C@]1(C)CCN2C(=O)N1CCCCC1. The molecule has 0 radical (unpaired) electrons. The zero-order valence-corrected chi connectivity index (χ0v) is 18.3. The topological polar surface area (TPSA) is 57.7 Å². The van der Waals surface area contributed by atoms with Crippen LogP contribution in [0.25, 0.3) is 0 Å². The number of urea groups is 1. The highest BCUT2D eigenvalue weighted by Crippen LogP contribution is 2.56. The molecule has 3 aliphatic rings. The highest BCUT2D eigenvalue weighted by molar-refractivity contribution is 7.90. The Hall–Kier alpha value is -1.56. The Morgan fingerprint density at radius 2 is 1.75 bits per heavy atom. The van der Waals surface area contributed by atoms with E-state index in [4.69, 9.17) is 0 Å².